The minimum Gasteiger partial charge on any atom is -0.508 e. The first-order valence-corrected chi connectivity index (χ1v) is 7.50. The summed E-state index contributed by atoms with van der Waals surface area (Å²) in [5.41, 5.74) is 1.73. The summed E-state index contributed by atoms with van der Waals surface area (Å²) in [5.74, 6) is -1.45. The molecule has 2 aromatic carbocycles. The molecule has 0 fully saturated rings. The number of carboxylic acid groups (broad SMARTS) is 1. The summed E-state index contributed by atoms with van der Waals surface area (Å²) in [6.45, 7) is 0.364. The summed E-state index contributed by atoms with van der Waals surface area (Å²) in [6.07, 6.45) is 1.24. The minimum absolute atomic E-state index is 0.0427. The maximum atomic E-state index is 13.3. The van der Waals surface area contributed by atoms with Crippen molar-refractivity contribution in [3.05, 3.63) is 65.5 Å². The van der Waals surface area contributed by atoms with Gasteiger partial charge in [-0.05, 0) is 36.1 Å². The zero-order valence-electron chi connectivity index (χ0n) is 12.7. The Kier molecular flexibility index (Phi) is 6.11. The average molecular weight is 317 g/mol. The Morgan fingerprint density at radius 3 is 2.52 bits per heavy atom. The van der Waals surface area contributed by atoms with Gasteiger partial charge < -0.3 is 15.5 Å². The fraction of sp³-hybridized carbons (Fsp3) is 0.278. The van der Waals surface area contributed by atoms with Crippen LogP contribution in [0.1, 0.15) is 24.0 Å². The Labute approximate surface area is 134 Å². The van der Waals surface area contributed by atoms with E-state index in [0.717, 1.165) is 11.6 Å². The largest absolute Gasteiger partial charge is 0.508 e. The highest BCUT2D eigenvalue weighted by atomic mass is 19.1. The van der Waals surface area contributed by atoms with Gasteiger partial charge in [0.15, 0.2) is 0 Å². The molecule has 1 atom stereocenters. The van der Waals surface area contributed by atoms with Crippen LogP contribution in [-0.4, -0.2) is 22.2 Å². The molecule has 0 aromatic heterocycles. The van der Waals surface area contributed by atoms with E-state index >= 15 is 0 Å². The third kappa shape index (κ3) is 6.08. The molecule has 3 N–H and O–H groups in total. The van der Waals surface area contributed by atoms with Crippen LogP contribution in [0.2, 0.25) is 0 Å². The van der Waals surface area contributed by atoms with Gasteiger partial charge in [-0.25, -0.2) is 4.39 Å². The lowest BCUT2D eigenvalue weighted by Gasteiger charge is -2.18. The summed E-state index contributed by atoms with van der Waals surface area (Å²) in [6, 6.07) is 13.6. The van der Waals surface area contributed by atoms with Crippen molar-refractivity contribution < 1.29 is 19.4 Å². The lowest BCUT2D eigenvalue weighted by molar-refractivity contribution is -0.137. The van der Waals surface area contributed by atoms with Gasteiger partial charge in [-0.2, -0.15) is 0 Å². The quantitative estimate of drug-likeness (QED) is 0.700. The van der Waals surface area contributed by atoms with Gasteiger partial charge >= 0.3 is 5.97 Å². The van der Waals surface area contributed by atoms with Crippen molar-refractivity contribution in [2.24, 2.45) is 0 Å². The van der Waals surface area contributed by atoms with Gasteiger partial charge in [-0.1, -0.05) is 30.3 Å². The number of aliphatic carboxylic acids is 1. The van der Waals surface area contributed by atoms with Crippen LogP contribution in [-0.2, 0) is 17.8 Å². The van der Waals surface area contributed by atoms with E-state index in [1.54, 1.807) is 0 Å². The normalized spacial score (nSPS) is 12.0. The summed E-state index contributed by atoms with van der Waals surface area (Å²) < 4.78 is 13.3. The SMILES string of the molecule is O=C(O)CCC(Cc1ccccc1)NCc1cc(O)cc(F)c1. The molecule has 0 bridgehead atoms. The molecule has 0 saturated heterocycles. The van der Waals surface area contributed by atoms with Crippen molar-refractivity contribution in [3.8, 4) is 5.75 Å². The van der Waals surface area contributed by atoms with Crippen LogP contribution in [0, 0.1) is 5.82 Å². The van der Waals surface area contributed by atoms with E-state index in [4.69, 9.17) is 5.11 Å². The Bertz CT molecular complexity index is 626. The number of hydrogen-bond acceptors (Lipinski definition) is 3. The molecule has 0 aliphatic carbocycles. The number of aromatic hydroxyl groups is 1. The number of carbonyl (C=O) groups is 1. The Hall–Kier alpha value is -2.40. The van der Waals surface area contributed by atoms with Crippen LogP contribution < -0.4 is 5.32 Å². The minimum atomic E-state index is -0.840. The molecule has 4 nitrogen and oxygen atoms in total. The summed E-state index contributed by atoms with van der Waals surface area (Å²) >= 11 is 0. The van der Waals surface area contributed by atoms with E-state index in [1.165, 1.54) is 12.1 Å². The number of halogens is 1. The lowest BCUT2D eigenvalue weighted by Crippen LogP contribution is -2.31. The van der Waals surface area contributed by atoms with E-state index in [0.29, 0.717) is 24.9 Å². The standard InChI is InChI=1S/C18H20FNO3/c19-15-8-14(10-17(21)11-15)12-20-16(6-7-18(22)23)9-13-4-2-1-3-5-13/h1-5,8,10-11,16,20-21H,6-7,9,12H2,(H,22,23). The zero-order chi connectivity index (χ0) is 16.7. The molecule has 0 aliphatic rings. The number of benzene rings is 2. The fourth-order valence-electron chi connectivity index (χ4n) is 2.47. The summed E-state index contributed by atoms with van der Waals surface area (Å²) in [5, 5.41) is 21.6. The second kappa shape index (κ2) is 8.29. The molecule has 0 amide bonds. The molecule has 2 aromatic rings. The van der Waals surface area contributed by atoms with Crippen molar-refractivity contribution in [2.45, 2.75) is 31.8 Å². The smallest absolute Gasteiger partial charge is 0.303 e. The maximum Gasteiger partial charge on any atom is 0.303 e. The van der Waals surface area contributed by atoms with Gasteiger partial charge in [0.1, 0.15) is 11.6 Å². The van der Waals surface area contributed by atoms with E-state index in [2.05, 4.69) is 5.32 Å². The lowest BCUT2D eigenvalue weighted by atomic mass is 10.0. The third-order valence-electron chi connectivity index (χ3n) is 3.57. The molecule has 0 saturated carbocycles. The van der Waals surface area contributed by atoms with Crippen LogP contribution >= 0.6 is 0 Å². The molecule has 5 heteroatoms. The van der Waals surface area contributed by atoms with Crippen LogP contribution in [0.25, 0.3) is 0 Å². The number of phenolic OH excluding ortho intramolecular Hbond substituents is 1. The average Bonchev–Trinajstić information content (AvgIpc) is 2.50. The van der Waals surface area contributed by atoms with Crippen LogP contribution in [0.5, 0.6) is 5.75 Å². The maximum absolute atomic E-state index is 13.3. The van der Waals surface area contributed by atoms with Crippen LogP contribution in [0.3, 0.4) is 0 Å². The highest BCUT2D eigenvalue weighted by molar-refractivity contribution is 5.66. The molecular formula is C18H20FNO3. The second-order valence-corrected chi connectivity index (χ2v) is 5.52. The van der Waals surface area contributed by atoms with Crippen molar-refractivity contribution in [1.29, 1.82) is 0 Å². The third-order valence-corrected chi connectivity index (χ3v) is 3.57. The molecule has 1 unspecified atom stereocenters. The molecule has 23 heavy (non-hydrogen) atoms. The van der Waals surface area contributed by atoms with Crippen molar-refractivity contribution in [1.82, 2.24) is 5.32 Å². The molecule has 2 rings (SSSR count). The fourth-order valence-corrected chi connectivity index (χ4v) is 2.47. The molecule has 0 heterocycles. The number of phenols is 1. The van der Waals surface area contributed by atoms with Gasteiger partial charge in [-0.3, -0.25) is 4.79 Å². The highest BCUT2D eigenvalue weighted by Crippen LogP contribution is 2.15. The number of carboxylic acids is 1. The first-order chi connectivity index (χ1) is 11.0. The zero-order valence-corrected chi connectivity index (χ0v) is 12.7. The van der Waals surface area contributed by atoms with Gasteiger partial charge in [0.2, 0.25) is 0 Å². The van der Waals surface area contributed by atoms with Gasteiger partial charge in [0, 0.05) is 25.1 Å². The number of rotatable bonds is 8. The molecule has 122 valence electrons. The Morgan fingerprint density at radius 1 is 1.13 bits per heavy atom. The monoisotopic (exact) mass is 317 g/mol. The van der Waals surface area contributed by atoms with Gasteiger partial charge in [0.25, 0.3) is 0 Å². The van der Waals surface area contributed by atoms with Gasteiger partial charge in [0.05, 0.1) is 0 Å². The highest BCUT2D eigenvalue weighted by Gasteiger charge is 2.12. The van der Waals surface area contributed by atoms with E-state index < -0.39 is 11.8 Å². The topological polar surface area (TPSA) is 69.6 Å². The van der Waals surface area contributed by atoms with Crippen molar-refractivity contribution >= 4 is 5.97 Å². The predicted molar refractivity (Wildman–Crippen MR) is 85.7 cm³/mol. The Balaban J connectivity index is 1.99. The molecule has 0 radical (unpaired) electrons. The molecule has 0 spiro atoms. The second-order valence-electron chi connectivity index (χ2n) is 5.52. The Morgan fingerprint density at radius 2 is 1.87 bits per heavy atom. The molecular weight excluding hydrogens is 297 g/mol. The first-order valence-electron chi connectivity index (χ1n) is 7.50. The number of nitrogens with one attached hydrogen (secondary N) is 1. The van der Waals surface area contributed by atoms with Gasteiger partial charge in [-0.15, -0.1) is 0 Å². The van der Waals surface area contributed by atoms with Crippen LogP contribution in [0.4, 0.5) is 4.39 Å². The molecule has 0 aliphatic heterocycles. The van der Waals surface area contributed by atoms with Crippen LogP contribution in [0.15, 0.2) is 48.5 Å². The summed E-state index contributed by atoms with van der Waals surface area (Å²) in [7, 11) is 0. The van der Waals surface area contributed by atoms with E-state index in [1.807, 2.05) is 30.3 Å². The predicted octanol–water partition coefficient (Wildman–Crippen LogP) is 3.10. The first kappa shape index (κ1) is 17.0. The van der Waals surface area contributed by atoms with E-state index in [9.17, 15) is 14.3 Å². The number of hydrogen-bond donors (Lipinski definition) is 3. The van der Waals surface area contributed by atoms with Crippen molar-refractivity contribution in [2.75, 3.05) is 0 Å². The summed E-state index contributed by atoms with van der Waals surface area (Å²) in [4.78, 5) is 10.8. The van der Waals surface area contributed by atoms with E-state index in [-0.39, 0.29) is 18.2 Å². The van der Waals surface area contributed by atoms with Crippen molar-refractivity contribution in [3.63, 3.8) is 0 Å².